The number of aryl methyl sites for hydroxylation is 3. The van der Waals surface area contributed by atoms with Gasteiger partial charge in [-0.1, -0.05) is 36.4 Å². The van der Waals surface area contributed by atoms with E-state index < -0.39 is 0 Å². The molecule has 2 aromatic carbocycles. The van der Waals surface area contributed by atoms with Crippen LogP contribution in [0.1, 0.15) is 20.8 Å². The second-order valence-corrected chi connectivity index (χ2v) is 7.16. The van der Waals surface area contributed by atoms with Gasteiger partial charge in [0.1, 0.15) is 4.83 Å². The van der Waals surface area contributed by atoms with Crippen LogP contribution < -0.4 is 5.32 Å². The smallest absolute Gasteiger partial charge is 0.265 e. The van der Waals surface area contributed by atoms with Crippen molar-refractivity contribution < 1.29 is 4.79 Å². The van der Waals surface area contributed by atoms with Crippen LogP contribution in [0.4, 0.5) is 5.69 Å². The Morgan fingerprint density at radius 1 is 1.00 bits per heavy atom. The first-order valence-corrected chi connectivity index (χ1v) is 8.72. The highest BCUT2D eigenvalue weighted by Crippen LogP contribution is 2.34. The van der Waals surface area contributed by atoms with E-state index in [0.29, 0.717) is 0 Å². The molecular formula is C20H18N2OS. The van der Waals surface area contributed by atoms with Crippen LogP contribution in [0.15, 0.2) is 48.5 Å². The molecule has 0 radical (unpaired) electrons. The van der Waals surface area contributed by atoms with Gasteiger partial charge in [-0.3, -0.25) is 4.79 Å². The summed E-state index contributed by atoms with van der Waals surface area (Å²) in [5.74, 6) is -0.0438. The Bertz CT molecular complexity index is 1070. The number of nitrogens with one attached hydrogen (secondary N) is 1. The molecule has 2 aromatic heterocycles. The third-order valence-electron chi connectivity index (χ3n) is 4.52. The molecule has 0 unspecified atom stereocenters. The molecule has 0 saturated heterocycles. The number of aromatic nitrogens is 1. The van der Waals surface area contributed by atoms with Gasteiger partial charge in [0.15, 0.2) is 0 Å². The standard InChI is InChI=1S/C20H18N2OS/c1-12-7-6-8-13(2)18(12)21-19(23)17-11-15-14-9-4-5-10-16(14)22(3)20(15)24-17/h4-11H,1-3H3,(H,21,23). The predicted octanol–water partition coefficient (Wildman–Crippen LogP) is 5.26. The van der Waals surface area contributed by atoms with Gasteiger partial charge in [-0.15, -0.1) is 11.3 Å². The van der Waals surface area contributed by atoms with Crippen LogP contribution in [0.2, 0.25) is 0 Å². The second-order valence-electron chi connectivity index (χ2n) is 6.13. The second kappa shape index (κ2) is 5.49. The molecule has 0 spiro atoms. The van der Waals surface area contributed by atoms with Crippen molar-refractivity contribution in [2.45, 2.75) is 13.8 Å². The summed E-state index contributed by atoms with van der Waals surface area (Å²) < 4.78 is 2.16. The third-order valence-corrected chi connectivity index (χ3v) is 5.73. The van der Waals surface area contributed by atoms with Crippen LogP contribution in [0.5, 0.6) is 0 Å². The first kappa shape index (κ1) is 15.0. The lowest BCUT2D eigenvalue weighted by Gasteiger charge is -2.10. The quantitative estimate of drug-likeness (QED) is 0.533. The van der Waals surface area contributed by atoms with E-state index in [9.17, 15) is 4.79 Å². The minimum absolute atomic E-state index is 0.0438. The molecule has 1 amide bonds. The Morgan fingerprint density at radius 2 is 1.71 bits per heavy atom. The van der Waals surface area contributed by atoms with Gasteiger partial charge in [0.05, 0.1) is 4.88 Å². The van der Waals surface area contributed by atoms with Gasteiger partial charge in [-0.2, -0.15) is 0 Å². The summed E-state index contributed by atoms with van der Waals surface area (Å²) in [4.78, 5) is 14.6. The van der Waals surface area contributed by atoms with Crippen LogP contribution in [0, 0.1) is 13.8 Å². The minimum atomic E-state index is -0.0438. The SMILES string of the molecule is Cc1cccc(C)c1NC(=O)c1cc2c3ccccc3n(C)c2s1. The molecule has 0 atom stereocenters. The molecule has 4 aromatic rings. The third kappa shape index (κ3) is 2.22. The zero-order valence-electron chi connectivity index (χ0n) is 13.9. The summed E-state index contributed by atoms with van der Waals surface area (Å²) in [5, 5.41) is 5.41. The minimum Gasteiger partial charge on any atom is -0.335 e. The molecule has 0 fully saturated rings. The van der Waals surface area contributed by atoms with Crippen molar-refractivity contribution in [1.82, 2.24) is 4.57 Å². The number of hydrogen-bond acceptors (Lipinski definition) is 2. The van der Waals surface area contributed by atoms with E-state index >= 15 is 0 Å². The number of fused-ring (bicyclic) bond motifs is 3. The topological polar surface area (TPSA) is 34.0 Å². The maximum absolute atomic E-state index is 12.7. The molecule has 120 valence electrons. The molecule has 0 aliphatic rings. The summed E-state index contributed by atoms with van der Waals surface area (Å²) in [7, 11) is 2.05. The lowest BCUT2D eigenvalue weighted by atomic mass is 10.1. The Hall–Kier alpha value is -2.59. The Labute approximate surface area is 144 Å². The number of amides is 1. The normalized spacial score (nSPS) is 11.3. The van der Waals surface area contributed by atoms with Crippen molar-refractivity contribution in [3.8, 4) is 0 Å². The van der Waals surface area contributed by atoms with Crippen LogP contribution >= 0.6 is 11.3 Å². The molecule has 3 nitrogen and oxygen atoms in total. The van der Waals surface area contributed by atoms with E-state index in [1.54, 1.807) is 0 Å². The van der Waals surface area contributed by atoms with Gasteiger partial charge >= 0.3 is 0 Å². The molecule has 0 aliphatic carbocycles. The van der Waals surface area contributed by atoms with Crippen LogP contribution in [-0.2, 0) is 7.05 Å². The zero-order valence-corrected chi connectivity index (χ0v) is 14.7. The van der Waals surface area contributed by atoms with Crippen LogP contribution in [-0.4, -0.2) is 10.5 Å². The molecule has 1 N–H and O–H groups in total. The first-order chi connectivity index (χ1) is 11.6. The van der Waals surface area contributed by atoms with Crippen molar-refractivity contribution in [3.05, 3.63) is 64.5 Å². The van der Waals surface area contributed by atoms with Gasteiger partial charge < -0.3 is 9.88 Å². The highest BCUT2D eigenvalue weighted by Gasteiger charge is 2.17. The van der Waals surface area contributed by atoms with Gasteiger partial charge in [0, 0.05) is 29.0 Å². The average Bonchev–Trinajstić information content (AvgIpc) is 3.12. The van der Waals surface area contributed by atoms with E-state index in [4.69, 9.17) is 0 Å². The molecule has 4 heteroatoms. The molecule has 4 rings (SSSR count). The summed E-state index contributed by atoms with van der Waals surface area (Å²) in [6.45, 7) is 4.03. The lowest BCUT2D eigenvalue weighted by Crippen LogP contribution is -2.12. The van der Waals surface area contributed by atoms with Crippen molar-refractivity contribution in [2.75, 3.05) is 5.32 Å². The molecular weight excluding hydrogens is 316 g/mol. The van der Waals surface area contributed by atoms with Crippen LogP contribution in [0.3, 0.4) is 0 Å². The number of thiophene rings is 1. The number of carbonyl (C=O) groups is 1. The van der Waals surface area contributed by atoms with Crippen molar-refractivity contribution in [1.29, 1.82) is 0 Å². The van der Waals surface area contributed by atoms with Gasteiger partial charge in [-0.25, -0.2) is 0 Å². The van der Waals surface area contributed by atoms with E-state index in [-0.39, 0.29) is 5.91 Å². The lowest BCUT2D eigenvalue weighted by molar-refractivity contribution is 0.103. The van der Waals surface area contributed by atoms with Crippen molar-refractivity contribution in [2.24, 2.45) is 7.05 Å². The fraction of sp³-hybridized carbons (Fsp3) is 0.150. The number of para-hydroxylation sites is 2. The van der Waals surface area contributed by atoms with E-state index in [1.807, 2.05) is 57.3 Å². The number of carbonyl (C=O) groups excluding carboxylic acids is 1. The molecule has 0 saturated carbocycles. The van der Waals surface area contributed by atoms with E-state index in [1.165, 1.54) is 22.2 Å². The largest absolute Gasteiger partial charge is 0.335 e. The number of hydrogen-bond donors (Lipinski definition) is 1. The number of benzene rings is 2. The summed E-state index contributed by atoms with van der Waals surface area (Å²) in [6.07, 6.45) is 0. The van der Waals surface area contributed by atoms with E-state index in [2.05, 4.69) is 22.0 Å². The maximum Gasteiger partial charge on any atom is 0.265 e. The molecule has 0 aliphatic heterocycles. The summed E-state index contributed by atoms with van der Waals surface area (Å²) >= 11 is 1.54. The fourth-order valence-electron chi connectivity index (χ4n) is 3.23. The predicted molar refractivity (Wildman–Crippen MR) is 102 cm³/mol. The monoisotopic (exact) mass is 334 g/mol. The van der Waals surface area contributed by atoms with Crippen molar-refractivity contribution in [3.63, 3.8) is 0 Å². The van der Waals surface area contributed by atoms with Gasteiger partial charge in [0.25, 0.3) is 5.91 Å². The molecule has 24 heavy (non-hydrogen) atoms. The number of nitrogens with zero attached hydrogens (tertiary/aromatic N) is 1. The zero-order chi connectivity index (χ0) is 16.8. The average molecular weight is 334 g/mol. The van der Waals surface area contributed by atoms with Gasteiger partial charge in [0.2, 0.25) is 0 Å². The Balaban J connectivity index is 1.77. The van der Waals surface area contributed by atoms with E-state index in [0.717, 1.165) is 31.9 Å². The van der Waals surface area contributed by atoms with Crippen LogP contribution in [0.25, 0.3) is 21.1 Å². The fourth-order valence-corrected chi connectivity index (χ4v) is 4.27. The number of anilines is 1. The maximum atomic E-state index is 12.7. The van der Waals surface area contributed by atoms with Gasteiger partial charge in [-0.05, 0) is 37.1 Å². The molecule has 2 heterocycles. The first-order valence-electron chi connectivity index (χ1n) is 7.91. The van der Waals surface area contributed by atoms with Crippen molar-refractivity contribution >= 4 is 44.1 Å². The number of rotatable bonds is 2. The molecule has 0 bridgehead atoms. The summed E-state index contributed by atoms with van der Waals surface area (Å²) in [6, 6.07) is 16.3. The Morgan fingerprint density at radius 3 is 2.46 bits per heavy atom. The Kier molecular flexibility index (Phi) is 3.43. The summed E-state index contributed by atoms with van der Waals surface area (Å²) in [5.41, 5.74) is 4.26. The highest BCUT2D eigenvalue weighted by atomic mass is 32.1. The highest BCUT2D eigenvalue weighted by molar-refractivity contribution is 7.20.